The second-order valence-electron chi connectivity index (χ2n) is 3.02. The number of hydrogen-bond acceptors (Lipinski definition) is 2. The van der Waals surface area contributed by atoms with Gasteiger partial charge in [-0.1, -0.05) is 0 Å². The molecule has 1 rings (SSSR count). The third-order valence-electron chi connectivity index (χ3n) is 2.05. The standard InChI is InChI=1S/C7H14IO2S/c1-8-6-7-2-4-11(9,10)5-3-7/h7H,2-6H2,1H3/q-1. The Kier molecular flexibility index (Phi) is 3.61. The molecule has 0 atom stereocenters. The minimum atomic E-state index is -2.62. The molecule has 4 heteroatoms. The molecule has 0 radical (unpaired) electrons. The molecule has 0 bridgehead atoms. The normalized spacial score (nSPS) is 25.5. The molecule has 1 aliphatic rings. The summed E-state index contributed by atoms with van der Waals surface area (Å²) < 4.78 is 23.3. The summed E-state index contributed by atoms with van der Waals surface area (Å²) in [5.41, 5.74) is 0. The average Bonchev–Trinajstić information content (AvgIpc) is 1.94. The Hall–Kier alpha value is 0.680. The van der Waals surface area contributed by atoms with Crippen LogP contribution in [0, 0.1) is 5.92 Å². The van der Waals surface area contributed by atoms with Gasteiger partial charge in [0.2, 0.25) is 0 Å². The first-order valence-corrected chi connectivity index (χ1v) is 9.29. The average molecular weight is 289 g/mol. The summed E-state index contributed by atoms with van der Waals surface area (Å²) in [5, 5.41) is 0. The molecule has 0 unspecified atom stereocenters. The van der Waals surface area contributed by atoms with Gasteiger partial charge in [-0.2, -0.15) is 0 Å². The zero-order valence-corrected chi connectivity index (χ0v) is 9.69. The van der Waals surface area contributed by atoms with Crippen LogP contribution >= 0.6 is 0 Å². The maximum atomic E-state index is 11.0. The summed E-state index contributed by atoms with van der Waals surface area (Å²) in [6.07, 6.45) is 1.85. The summed E-state index contributed by atoms with van der Waals surface area (Å²) in [5.74, 6) is 1.62. The first-order chi connectivity index (χ1) is 5.14. The molecule has 0 aromatic heterocycles. The van der Waals surface area contributed by atoms with Gasteiger partial charge in [0.25, 0.3) is 0 Å². The third kappa shape index (κ3) is 3.27. The molecule has 1 heterocycles. The molecule has 0 amide bonds. The van der Waals surface area contributed by atoms with Crippen LogP contribution in [0.1, 0.15) is 12.8 Å². The van der Waals surface area contributed by atoms with Crippen LogP contribution in [0.15, 0.2) is 0 Å². The van der Waals surface area contributed by atoms with E-state index in [1.165, 1.54) is 4.43 Å². The van der Waals surface area contributed by atoms with E-state index in [2.05, 4.69) is 4.93 Å². The van der Waals surface area contributed by atoms with Gasteiger partial charge in [-0.25, -0.2) is 0 Å². The Morgan fingerprint density at radius 1 is 1.36 bits per heavy atom. The molecule has 0 aromatic carbocycles. The molecule has 0 spiro atoms. The van der Waals surface area contributed by atoms with Crippen molar-refractivity contribution in [2.45, 2.75) is 12.8 Å². The SMILES string of the molecule is C[I-]CC1CCS(=O)(=O)CC1. The number of hydrogen-bond donors (Lipinski definition) is 0. The number of rotatable bonds is 2. The summed E-state index contributed by atoms with van der Waals surface area (Å²) in [7, 11) is -2.62. The maximum absolute atomic E-state index is 11.0. The van der Waals surface area contributed by atoms with Crippen molar-refractivity contribution < 1.29 is 29.6 Å². The van der Waals surface area contributed by atoms with Crippen molar-refractivity contribution in [1.29, 1.82) is 0 Å². The van der Waals surface area contributed by atoms with E-state index in [1.807, 2.05) is 0 Å². The van der Waals surface area contributed by atoms with Crippen LogP contribution in [0.2, 0.25) is 0 Å². The van der Waals surface area contributed by atoms with E-state index in [0.717, 1.165) is 18.8 Å². The van der Waals surface area contributed by atoms with Gasteiger partial charge in [-0.15, -0.1) is 0 Å². The van der Waals surface area contributed by atoms with E-state index in [9.17, 15) is 8.42 Å². The Morgan fingerprint density at radius 3 is 2.36 bits per heavy atom. The first-order valence-electron chi connectivity index (χ1n) is 3.78. The quantitative estimate of drug-likeness (QED) is 0.417. The molecule has 1 aliphatic heterocycles. The van der Waals surface area contributed by atoms with Crippen molar-refractivity contribution in [3.8, 4) is 0 Å². The van der Waals surface area contributed by atoms with Crippen LogP contribution in [0.3, 0.4) is 0 Å². The zero-order chi connectivity index (χ0) is 8.32. The number of sulfone groups is 1. The van der Waals surface area contributed by atoms with E-state index in [4.69, 9.17) is 0 Å². The van der Waals surface area contributed by atoms with Crippen LogP contribution in [0.25, 0.3) is 0 Å². The van der Waals surface area contributed by atoms with Crippen LogP contribution < -0.4 is 21.2 Å². The van der Waals surface area contributed by atoms with E-state index in [-0.39, 0.29) is 0 Å². The van der Waals surface area contributed by atoms with Crippen molar-refractivity contribution in [3.05, 3.63) is 0 Å². The molecule has 2 nitrogen and oxygen atoms in total. The van der Waals surface area contributed by atoms with Crippen molar-refractivity contribution in [2.24, 2.45) is 5.92 Å². The predicted octanol–water partition coefficient (Wildman–Crippen LogP) is -2.47. The second kappa shape index (κ2) is 4.07. The van der Waals surface area contributed by atoms with Gasteiger partial charge in [0.15, 0.2) is 0 Å². The molecule has 0 N–H and O–H groups in total. The monoisotopic (exact) mass is 289 g/mol. The minimum absolute atomic E-state index is 0.356. The summed E-state index contributed by atoms with van der Waals surface area (Å²) in [6.45, 7) is 0. The summed E-state index contributed by atoms with van der Waals surface area (Å²) in [6, 6.07) is 0. The molecule has 1 fully saturated rings. The fourth-order valence-corrected chi connectivity index (χ4v) is 5.03. The Bertz CT molecular complexity index is 196. The molecule has 0 aromatic rings. The zero-order valence-electron chi connectivity index (χ0n) is 6.72. The molecule has 1 saturated heterocycles. The fraction of sp³-hybridized carbons (Fsp3) is 1.00. The van der Waals surface area contributed by atoms with Crippen molar-refractivity contribution >= 4 is 9.84 Å². The molecular formula is C7H14IO2S-. The topological polar surface area (TPSA) is 34.1 Å². The van der Waals surface area contributed by atoms with E-state index in [1.54, 1.807) is 0 Å². The van der Waals surface area contributed by atoms with Crippen LogP contribution in [0.4, 0.5) is 0 Å². The van der Waals surface area contributed by atoms with Gasteiger partial charge < -0.3 is 0 Å². The van der Waals surface area contributed by atoms with E-state index in [0.29, 0.717) is 32.7 Å². The van der Waals surface area contributed by atoms with E-state index >= 15 is 0 Å². The van der Waals surface area contributed by atoms with Crippen molar-refractivity contribution in [2.75, 3.05) is 20.9 Å². The van der Waals surface area contributed by atoms with Gasteiger partial charge >= 0.3 is 79.1 Å². The molecule has 0 saturated carbocycles. The van der Waals surface area contributed by atoms with Crippen LogP contribution in [0.5, 0.6) is 0 Å². The second-order valence-corrected chi connectivity index (χ2v) is 7.73. The van der Waals surface area contributed by atoms with Crippen LogP contribution in [-0.4, -0.2) is 29.3 Å². The van der Waals surface area contributed by atoms with Gasteiger partial charge in [-0.3, -0.25) is 0 Å². The Balaban J connectivity index is 2.36. The van der Waals surface area contributed by atoms with Gasteiger partial charge in [0.1, 0.15) is 0 Å². The fourth-order valence-electron chi connectivity index (χ4n) is 1.31. The number of halogens is 1. The Morgan fingerprint density at radius 2 is 1.91 bits per heavy atom. The summed E-state index contributed by atoms with van der Waals surface area (Å²) >= 11 is 0.356. The summed E-state index contributed by atoms with van der Waals surface area (Å²) in [4.78, 5) is 2.27. The number of alkyl halides is 2. The van der Waals surface area contributed by atoms with Gasteiger partial charge in [-0.05, 0) is 0 Å². The third-order valence-corrected chi connectivity index (χ3v) is 5.89. The molecule has 68 valence electrons. The Labute approximate surface area is 78.9 Å². The first kappa shape index (κ1) is 9.77. The predicted molar refractivity (Wildman–Crippen MR) is 42.2 cm³/mol. The molecule has 11 heavy (non-hydrogen) atoms. The molecule has 0 aliphatic carbocycles. The van der Waals surface area contributed by atoms with Gasteiger partial charge in [0, 0.05) is 0 Å². The van der Waals surface area contributed by atoms with E-state index < -0.39 is 9.84 Å². The molecular weight excluding hydrogens is 275 g/mol. The van der Waals surface area contributed by atoms with Crippen molar-refractivity contribution in [1.82, 2.24) is 0 Å². The van der Waals surface area contributed by atoms with Crippen molar-refractivity contribution in [3.63, 3.8) is 0 Å². The van der Waals surface area contributed by atoms with Crippen LogP contribution in [-0.2, 0) is 9.84 Å². The van der Waals surface area contributed by atoms with Gasteiger partial charge in [0.05, 0.1) is 0 Å².